The predicted octanol–water partition coefficient (Wildman–Crippen LogP) is 0.593. The van der Waals surface area contributed by atoms with Crippen molar-refractivity contribution in [1.82, 2.24) is 10.2 Å². The predicted molar refractivity (Wildman–Crippen MR) is 63.9 cm³/mol. The normalized spacial score (nSPS) is 34.7. The summed E-state index contributed by atoms with van der Waals surface area (Å²) in [6, 6.07) is -0.138. The summed E-state index contributed by atoms with van der Waals surface area (Å²) in [5.41, 5.74) is -0.748. The topological polar surface area (TPSA) is 58.6 Å². The molecule has 1 unspecified atom stereocenters. The van der Waals surface area contributed by atoms with E-state index in [-0.39, 0.29) is 18.0 Å². The summed E-state index contributed by atoms with van der Waals surface area (Å²) in [6.45, 7) is 0.885. The van der Waals surface area contributed by atoms with Crippen LogP contribution in [0.5, 0.6) is 0 Å². The fourth-order valence-corrected chi connectivity index (χ4v) is 3.83. The van der Waals surface area contributed by atoms with Crippen LogP contribution in [0.3, 0.4) is 0 Å². The molecular weight excluding hydrogens is 240 g/mol. The molecule has 3 heterocycles. The lowest BCUT2D eigenvalue weighted by molar-refractivity contribution is -0.133. The molecule has 0 aromatic rings. The Balaban J connectivity index is 1.80. The first-order valence-electron chi connectivity index (χ1n) is 6.04. The summed E-state index contributed by atoms with van der Waals surface area (Å²) in [5.74, 6) is 1.99. The van der Waals surface area contributed by atoms with E-state index in [1.807, 2.05) is 11.8 Å². The number of urea groups is 1. The number of carbonyl (C=O) groups is 2. The zero-order valence-corrected chi connectivity index (χ0v) is 10.4. The molecule has 1 N–H and O–H groups in total. The highest BCUT2D eigenvalue weighted by molar-refractivity contribution is 7.99. The third-order valence-electron chi connectivity index (χ3n) is 3.77. The minimum Gasteiger partial charge on any atom is -0.378 e. The van der Waals surface area contributed by atoms with E-state index in [0.717, 1.165) is 24.3 Å². The van der Waals surface area contributed by atoms with Crippen molar-refractivity contribution in [1.29, 1.82) is 0 Å². The van der Waals surface area contributed by atoms with E-state index in [1.165, 1.54) is 4.90 Å². The van der Waals surface area contributed by atoms with E-state index >= 15 is 0 Å². The van der Waals surface area contributed by atoms with Crippen molar-refractivity contribution in [2.45, 2.75) is 30.8 Å². The summed E-state index contributed by atoms with van der Waals surface area (Å²) >= 11 is 1.89. The molecule has 3 amide bonds. The Hall–Kier alpha value is -0.750. The second-order valence-corrected chi connectivity index (χ2v) is 6.06. The molecule has 3 rings (SSSR count). The molecule has 1 atom stereocenters. The number of rotatable bonds is 1. The first-order valence-corrected chi connectivity index (χ1v) is 7.20. The first kappa shape index (κ1) is 11.3. The highest BCUT2D eigenvalue weighted by atomic mass is 32.2. The van der Waals surface area contributed by atoms with Crippen molar-refractivity contribution in [2.24, 2.45) is 0 Å². The number of ether oxygens (including phenoxy) is 1. The molecule has 0 aromatic carbocycles. The van der Waals surface area contributed by atoms with Crippen LogP contribution in [0, 0.1) is 0 Å². The third-order valence-corrected chi connectivity index (χ3v) is 4.82. The van der Waals surface area contributed by atoms with Gasteiger partial charge in [-0.1, -0.05) is 0 Å². The summed E-state index contributed by atoms with van der Waals surface area (Å²) in [6.07, 6.45) is 2.44. The Morgan fingerprint density at radius 1 is 1.35 bits per heavy atom. The van der Waals surface area contributed by atoms with Crippen LogP contribution in [-0.4, -0.2) is 53.1 Å². The molecule has 0 aliphatic carbocycles. The molecule has 3 fully saturated rings. The number of thioether (sulfide) groups is 1. The van der Waals surface area contributed by atoms with Gasteiger partial charge in [-0.05, 0) is 24.3 Å². The summed E-state index contributed by atoms with van der Waals surface area (Å²) in [4.78, 5) is 25.8. The van der Waals surface area contributed by atoms with Gasteiger partial charge in [-0.2, -0.15) is 11.8 Å². The Labute approximate surface area is 104 Å². The Bertz CT molecular complexity index is 349. The van der Waals surface area contributed by atoms with Gasteiger partial charge in [0, 0.05) is 19.1 Å². The number of hydrogen-bond acceptors (Lipinski definition) is 4. The highest BCUT2D eigenvalue weighted by Crippen LogP contribution is 2.31. The van der Waals surface area contributed by atoms with Gasteiger partial charge in [0.25, 0.3) is 5.91 Å². The molecule has 1 spiro atoms. The fraction of sp³-hybridized carbons (Fsp3) is 0.818. The van der Waals surface area contributed by atoms with E-state index in [0.29, 0.717) is 19.6 Å². The number of hydrogen-bond donors (Lipinski definition) is 1. The van der Waals surface area contributed by atoms with Crippen LogP contribution in [0.4, 0.5) is 4.79 Å². The van der Waals surface area contributed by atoms with Gasteiger partial charge < -0.3 is 10.1 Å². The van der Waals surface area contributed by atoms with Gasteiger partial charge in [-0.25, -0.2) is 4.79 Å². The first-order chi connectivity index (χ1) is 8.23. The summed E-state index contributed by atoms with van der Waals surface area (Å²) in [7, 11) is 0. The molecule has 0 radical (unpaired) electrons. The SMILES string of the molecule is O=C1NC2(CCOC2)C(=O)N1C1CCSCC1. The van der Waals surface area contributed by atoms with Crippen molar-refractivity contribution >= 4 is 23.7 Å². The molecule has 6 heteroatoms. The van der Waals surface area contributed by atoms with Crippen LogP contribution in [0.1, 0.15) is 19.3 Å². The minimum absolute atomic E-state index is 0.0723. The monoisotopic (exact) mass is 256 g/mol. The van der Waals surface area contributed by atoms with Crippen LogP contribution in [0.15, 0.2) is 0 Å². The second kappa shape index (κ2) is 4.17. The van der Waals surface area contributed by atoms with Crippen LogP contribution in [-0.2, 0) is 9.53 Å². The molecule has 94 valence electrons. The largest absolute Gasteiger partial charge is 0.378 e. The van der Waals surface area contributed by atoms with E-state index in [1.54, 1.807) is 0 Å². The maximum absolute atomic E-state index is 12.4. The molecule has 0 bridgehead atoms. The van der Waals surface area contributed by atoms with Crippen molar-refractivity contribution in [3.8, 4) is 0 Å². The molecular formula is C11H16N2O3S. The third kappa shape index (κ3) is 1.74. The Morgan fingerprint density at radius 3 is 2.76 bits per heavy atom. The standard InChI is InChI=1S/C11H16N2O3S/c14-9-11(3-4-16-7-11)12-10(15)13(9)8-1-5-17-6-2-8/h8H,1-7H2,(H,12,15). The zero-order valence-electron chi connectivity index (χ0n) is 9.61. The molecule has 3 aliphatic heterocycles. The quantitative estimate of drug-likeness (QED) is 0.698. The van der Waals surface area contributed by atoms with Gasteiger partial charge in [0.15, 0.2) is 0 Å². The van der Waals surface area contributed by atoms with Gasteiger partial charge >= 0.3 is 6.03 Å². The van der Waals surface area contributed by atoms with Crippen LogP contribution in [0.25, 0.3) is 0 Å². The van der Waals surface area contributed by atoms with Gasteiger partial charge in [-0.15, -0.1) is 0 Å². The van der Waals surface area contributed by atoms with Gasteiger partial charge in [0.05, 0.1) is 6.61 Å². The number of carbonyl (C=O) groups excluding carboxylic acids is 2. The Kier molecular flexibility index (Phi) is 2.78. The number of nitrogens with zero attached hydrogens (tertiary/aromatic N) is 1. The lowest BCUT2D eigenvalue weighted by Crippen LogP contribution is -2.48. The van der Waals surface area contributed by atoms with Crippen molar-refractivity contribution in [3.63, 3.8) is 0 Å². The lowest BCUT2D eigenvalue weighted by Gasteiger charge is -2.29. The van der Waals surface area contributed by atoms with Crippen molar-refractivity contribution < 1.29 is 14.3 Å². The van der Waals surface area contributed by atoms with E-state index in [2.05, 4.69) is 5.32 Å². The molecule has 0 aromatic heterocycles. The number of nitrogens with one attached hydrogen (secondary N) is 1. The summed E-state index contributed by atoms with van der Waals surface area (Å²) in [5, 5.41) is 2.83. The average Bonchev–Trinajstić information content (AvgIpc) is 2.88. The molecule has 5 nitrogen and oxygen atoms in total. The number of imide groups is 1. The minimum atomic E-state index is -0.748. The van der Waals surface area contributed by atoms with Gasteiger partial charge in [0.2, 0.25) is 0 Å². The van der Waals surface area contributed by atoms with Crippen LogP contribution >= 0.6 is 11.8 Å². The lowest BCUT2D eigenvalue weighted by atomic mass is 9.98. The van der Waals surface area contributed by atoms with E-state index in [4.69, 9.17) is 4.74 Å². The Morgan fingerprint density at radius 2 is 2.12 bits per heavy atom. The van der Waals surface area contributed by atoms with Crippen LogP contribution < -0.4 is 5.32 Å². The molecule has 0 saturated carbocycles. The maximum atomic E-state index is 12.4. The van der Waals surface area contributed by atoms with Gasteiger partial charge in [-0.3, -0.25) is 9.69 Å². The highest BCUT2D eigenvalue weighted by Gasteiger charge is 2.55. The smallest absolute Gasteiger partial charge is 0.325 e. The molecule has 3 saturated heterocycles. The van der Waals surface area contributed by atoms with E-state index in [9.17, 15) is 9.59 Å². The zero-order chi connectivity index (χ0) is 11.9. The van der Waals surface area contributed by atoms with Crippen LogP contribution in [0.2, 0.25) is 0 Å². The molecule has 17 heavy (non-hydrogen) atoms. The van der Waals surface area contributed by atoms with E-state index < -0.39 is 5.54 Å². The molecule has 3 aliphatic rings. The fourth-order valence-electron chi connectivity index (χ4n) is 2.75. The van der Waals surface area contributed by atoms with Gasteiger partial charge in [0.1, 0.15) is 5.54 Å². The van der Waals surface area contributed by atoms with Crippen molar-refractivity contribution in [2.75, 3.05) is 24.7 Å². The summed E-state index contributed by atoms with van der Waals surface area (Å²) < 4.78 is 5.27. The number of amides is 3. The maximum Gasteiger partial charge on any atom is 0.325 e. The van der Waals surface area contributed by atoms with Crippen molar-refractivity contribution in [3.05, 3.63) is 0 Å². The second-order valence-electron chi connectivity index (χ2n) is 4.83. The average molecular weight is 256 g/mol.